The molecule has 100 valence electrons. The van der Waals surface area contributed by atoms with Crippen molar-refractivity contribution in [3.8, 4) is 0 Å². The maximum Gasteiger partial charge on any atom is 0.105 e. The highest BCUT2D eigenvalue weighted by Crippen LogP contribution is 2.30. The van der Waals surface area contributed by atoms with Crippen molar-refractivity contribution in [3.63, 3.8) is 0 Å². The molecule has 1 nitrogen and oxygen atoms in total. The van der Waals surface area contributed by atoms with E-state index in [0.29, 0.717) is 5.02 Å². The van der Waals surface area contributed by atoms with E-state index >= 15 is 0 Å². The van der Waals surface area contributed by atoms with Gasteiger partial charge in [0.25, 0.3) is 0 Å². The van der Waals surface area contributed by atoms with Gasteiger partial charge in [-0.25, -0.2) is 0 Å². The summed E-state index contributed by atoms with van der Waals surface area (Å²) in [6.07, 6.45) is 1.51. The van der Waals surface area contributed by atoms with E-state index in [1.807, 2.05) is 24.3 Å². The lowest BCUT2D eigenvalue weighted by atomic mass is 9.99. The van der Waals surface area contributed by atoms with Crippen LogP contribution in [0.15, 0.2) is 46.9 Å². The van der Waals surface area contributed by atoms with Gasteiger partial charge in [-0.1, -0.05) is 71.2 Å². The van der Waals surface area contributed by atoms with Crippen molar-refractivity contribution < 1.29 is 5.11 Å². The molecule has 0 radical (unpaired) electrons. The first-order chi connectivity index (χ1) is 9.11. The molecule has 2 aromatic rings. The first-order valence-electron chi connectivity index (χ1n) is 6.33. The van der Waals surface area contributed by atoms with Gasteiger partial charge in [0.1, 0.15) is 6.10 Å². The lowest BCUT2D eigenvalue weighted by Gasteiger charge is -2.14. The highest BCUT2D eigenvalue weighted by molar-refractivity contribution is 9.10. The number of hydrogen-bond acceptors (Lipinski definition) is 1. The van der Waals surface area contributed by atoms with Crippen LogP contribution in [0.4, 0.5) is 0 Å². The number of aryl methyl sites for hydroxylation is 1. The first-order valence-corrected chi connectivity index (χ1v) is 7.50. The third-order valence-corrected chi connectivity index (χ3v) is 3.91. The Morgan fingerprint density at radius 1 is 1.16 bits per heavy atom. The number of rotatable bonds is 4. The minimum atomic E-state index is -0.684. The zero-order valence-corrected chi connectivity index (χ0v) is 13.1. The molecular weight excluding hydrogens is 324 g/mol. The third-order valence-electron chi connectivity index (χ3n) is 3.09. The summed E-state index contributed by atoms with van der Waals surface area (Å²) in [6.45, 7) is 2.16. The van der Waals surface area contributed by atoms with E-state index in [-0.39, 0.29) is 0 Å². The van der Waals surface area contributed by atoms with Crippen LogP contribution < -0.4 is 0 Å². The van der Waals surface area contributed by atoms with Crippen LogP contribution in [0.5, 0.6) is 0 Å². The molecule has 0 aliphatic rings. The van der Waals surface area contributed by atoms with Crippen molar-refractivity contribution in [2.24, 2.45) is 0 Å². The molecule has 0 heterocycles. The highest BCUT2D eigenvalue weighted by atomic mass is 79.9. The topological polar surface area (TPSA) is 20.2 Å². The van der Waals surface area contributed by atoms with Gasteiger partial charge in [-0.05, 0) is 29.7 Å². The number of hydrogen-bond donors (Lipinski definition) is 1. The maximum absolute atomic E-state index is 10.4. The van der Waals surface area contributed by atoms with Gasteiger partial charge in [0.05, 0.1) is 0 Å². The van der Waals surface area contributed by atoms with Crippen LogP contribution in [0.1, 0.15) is 36.1 Å². The van der Waals surface area contributed by atoms with Crippen molar-refractivity contribution in [2.45, 2.75) is 25.9 Å². The third kappa shape index (κ3) is 3.59. The summed E-state index contributed by atoms with van der Waals surface area (Å²) in [4.78, 5) is 0. The van der Waals surface area contributed by atoms with Crippen molar-refractivity contribution in [3.05, 3.63) is 68.7 Å². The molecule has 0 spiro atoms. The van der Waals surface area contributed by atoms with Gasteiger partial charge < -0.3 is 5.11 Å². The molecule has 3 heteroatoms. The summed E-state index contributed by atoms with van der Waals surface area (Å²) in [5.74, 6) is 0. The molecule has 19 heavy (non-hydrogen) atoms. The monoisotopic (exact) mass is 338 g/mol. The lowest BCUT2D eigenvalue weighted by molar-refractivity contribution is 0.220. The van der Waals surface area contributed by atoms with Crippen molar-refractivity contribution in [1.82, 2.24) is 0 Å². The highest BCUT2D eigenvalue weighted by Gasteiger charge is 2.13. The zero-order chi connectivity index (χ0) is 13.8. The van der Waals surface area contributed by atoms with E-state index in [1.54, 1.807) is 6.07 Å². The summed E-state index contributed by atoms with van der Waals surface area (Å²) in [7, 11) is 0. The van der Waals surface area contributed by atoms with Gasteiger partial charge >= 0.3 is 0 Å². The van der Waals surface area contributed by atoms with Gasteiger partial charge in [0.15, 0.2) is 0 Å². The van der Waals surface area contributed by atoms with Crippen LogP contribution in [0.3, 0.4) is 0 Å². The molecule has 1 unspecified atom stereocenters. The smallest absolute Gasteiger partial charge is 0.105 e. The van der Waals surface area contributed by atoms with Crippen LogP contribution >= 0.6 is 27.5 Å². The predicted molar refractivity (Wildman–Crippen MR) is 83.7 cm³/mol. The Morgan fingerprint density at radius 2 is 1.84 bits per heavy atom. The summed E-state index contributed by atoms with van der Waals surface area (Å²) in [6, 6.07) is 13.6. The summed E-state index contributed by atoms with van der Waals surface area (Å²) < 4.78 is 0.909. The summed E-state index contributed by atoms with van der Waals surface area (Å²) in [5.41, 5.74) is 2.89. The molecule has 0 saturated carbocycles. The maximum atomic E-state index is 10.4. The molecule has 1 N–H and O–H groups in total. The number of aliphatic hydroxyl groups excluding tert-OH is 1. The molecule has 0 saturated heterocycles. The molecule has 0 aliphatic carbocycles. The van der Waals surface area contributed by atoms with Crippen molar-refractivity contribution >= 4 is 27.5 Å². The Labute approximate surface area is 127 Å². The fourth-order valence-electron chi connectivity index (χ4n) is 2.06. The fraction of sp³-hybridized carbons (Fsp3) is 0.250. The Hall–Kier alpha value is -0.830. The normalized spacial score (nSPS) is 12.4. The molecule has 0 aliphatic heterocycles. The number of benzene rings is 2. The second-order valence-corrected chi connectivity index (χ2v) is 5.88. The van der Waals surface area contributed by atoms with E-state index in [4.69, 9.17) is 11.6 Å². The standard InChI is InChI=1S/C16H16BrClO/c1-2-3-11-4-6-12(7-5-11)16(19)14-9-8-13(17)10-15(14)18/h4-10,16,19H,2-3H2,1H3. The largest absolute Gasteiger partial charge is 0.384 e. The molecule has 0 amide bonds. The second-order valence-electron chi connectivity index (χ2n) is 4.56. The second kappa shape index (κ2) is 6.56. The van der Waals surface area contributed by atoms with E-state index in [1.165, 1.54) is 5.56 Å². The SMILES string of the molecule is CCCc1ccc(C(O)c2ccc(Br)cc2Cl)cc1. The molecule has 0 fully saturated rings. The van der Waals surface area contributed by atoms with Gasteiger partial charge in [-0.2, -0.15) is 0 Å². The minimum absolute atomic E-state index is 0.569. The van der Waals surface area contributed by atoms with Crippen LogP contribution in [-0.2, 0) is 6.42 Å². The van der Waals surface area contributed by atoms with Crippen LogP contribution in [0.25, 0.3) is 0 Å². The molecule has 2 aromatic carbocycles. The molecule has 0 aromatic heterocycles. The zero-order valence-electron chi connectivity index (χ0n) is 10.7. The quantitative estimate of drug-likeness (QED) is 0.818. The van der Waals surface area contributed by atoms with Crippen molar-refractivity contribution in [2.75, 3.05) is 0 Å². The van der Waals surface area contributed by atoms with Gasteiger partial charge in [-0.3, -0.25) is 0 Å². The van der Waals surface area contributed by atoms with Crippen LogP contribution in [0, 0.1) is 0 Å². The number of aliphatic hydroxyl groups is 1. The lowest BCUT2D eigenvalue weighted by Crippen LogP contribution is -2.00. The van der Waals surface area contributed by atoms with Gasteiger partial charge in [0, 0.05) is 15.1 Å². The molecular formula is C16H16BrClO. The Morgan fingerprint density at radius 3 is 2.42 bits per heavy atom. The van der Waals surface area contributed by atoms with E-state index in [0.717, 1.165) is 28.4 Å². The molecule has 0 bridgehead atoms. The summed E-state index contributed by atoms with van der Waals surface area (Å²) >= 11 is 9.53. The average Bonchev–Trinajstić information content (AvgIpc) is 2.39. The Kier molecular flexibility index (Phi) is 5.03. The first kappa shape index (κ1) is 14.6. The molecule has 2 rings (SSSR count). The van der Waals surface area contributed by atoms with Gasteiger partial charge in [0.2, 0.25) is 0 Å². The average molecular weight is 340 g/mol. The Balaban J connectivity index is 2.25. The van der Waals surface area contributed by atoms with Crippen molar-refractivity contribution in [1.29, 1.82) is 0 Å². The Bertz CT molecular complexity index is 551. The summed E-state index contributed by atoms with van der Waals surface area (Å²) in [5, 5.41) is 11.0. The van der Waals surface area contributed by atoms with E-state index in [2.05, 4.69) is 35.0 Å². The van der Waals surface area contributed by atoms with E-state index in [9.17, 15) is 5.11 Å². The predicted octanol–water partition coefficient (Wildman–Crippen LogP) is 5.14. The van der Waals surface area contributed by atoms with Crippen LogP contribution in [-0.4, -0.2) is 5.11 Å². The minimum Gasteiger partial charge on any atom is -0.384 e. The van der Waals surface area contributed by atoms with E-state index < -0.39 is 6.10 Å². The fourth-order valence-corrected chi connectivity index (χ4v) is 2.83. The molecule has 1 atom stereocenters. The van der Waals surface area contributed by atoms with Crippen LogP contribution in [0.2, 0.25) is 5.02 Å². The van der Waals surface area contributed by atoms with Gasteiger partial charge in [-0.15, -0.1) is 0 Å². The number of halogens is 2.